The number of rotatable bonds is 5. The van der Waals surface area contributed by atoms with Crippen molar-refractivity contribution in [3.8, 4) is 5.75 Å². The molecule has 1 aliphatic carbocycles. The Morgan fingerprint density at radius 3 is 2.35 bits per heavy atom. The lowest BCUT2D eigenvalue weighted by molar-refractivity contribution is -0.137. The topological polar surface area (TPSA) is 79.6 Å². The van der Waals surface area contributed by atoms with Crippen molar-refractivity contribution in [2.75, 3.05) is 45.9 Å². The number of hydrogen-bond acceptors (Lipinski definition) is 6. The number of ether oxygens (including phenoxy) is 2. The average molecular weight is 510 g/mol. The first-order chi connectivity index (χ1) is 17.7. The zero-order chi connectivity index (χ0) is 26.4. The number of allylic oxidation sites excluding steroid dienone is 2. The first-order valence-electron chi connectivity index (χ1n) is 13.4. The third-order valence-electron chi connectivity index (χ3n) is 7.29. The van der Waals surface area contributed by atoms with Crippen LogP contribution in [0.2, 0.25) is 0 Å². The Kier molecular flexibility index (Phi) is 8.57. The number of hydrogen-bond donors (Lipinski definition) is 0. The minimum absolute atomic E-state index is 0.0209. The van der Waals surface area contributed by atoms with Gasteiger partial charge in [-0.05, 0) is 76.5 Å². The van der Waals surface area contributed by atoms with Gasteiger partial charge >= 0.3 is 6.09 Å². The number of likely N-dealkylation sites (tertiary alicyclic amines) is 1. The van der Waals surface area contributed by atoms with Gasteiger partial charge in [0.25, 0.3) is 0 Å². The zero-order valence-electron chi connectivity index (χ0n) is 22.3. The van der Waals surface area contributed by atoms with Crippen LogP contribution in [0.3, 0.4) is 0 Å². The molecule has 200 valence electrons. The lowest BCUT2D eigenvalue weighted by Gasteiger charge is -2.33. The summed E-state index contributed by atoms with van der Waals surface area (Å²) < 4.78 is 11.5. The van der Waals surface area contributed by atoms with Gasteiger partial charge in [-0.1, -0.05) is 6.08 Å². The van der Waals surface area contributed by atoms with Gasteiger partial charge in [0.15, 0.2) is 0 Å². The third-order valence-corrected chi connectivity index (χ3v) is 7.29. The van der Waals surface area contributed by atoms with E-state index < -0.39 is 5.60 Å². The largest absolute Gasteiger partial charge is 0.492 e. The number of carbonyl (C=O) groups excluding carboxylic acids is 2. The van der Waals surface area contributed by atoms with Crippen molar-refractivity contribution in [1.29, 1.82) is 0 Å². The van der Waals surface area contributed by atoms with Crippen LogP contribution in [0.5, 0.6) is 5.75 Å². The van der Waals surface area contributed by atoms with E-state index in [1.54, 1.807) is 16.1 Å². The zero-order valence-corrected chi connectivity index (χ0v) is 22.3. The number of nitrogens with zero attached hydrogens (tertiary/aromatic N) is 5. The average Bonchev–Trinajstić information content (AvgIpc) is 2.91. The number of carbonyl (C=O) groups is 2. The molecule has 3 aliphatic rings. The van der Waals surface area contributed by atoms with Crippen molar-refractivity contribution < 1.29 is 19.1 Å². The van der Waals surface area contributed by atoms with Crippen LogP contribution in [-0.2, 0) is 9.53 Å². The Hall–Kier alpha value is -3.28. The summed E-state index contributed by atoms with van der Waals surface area (Å²) in [5.41, 5.74) is 1.65. The molecule has 9 heteroatoms. The maximum Gasteiger partial charge on any atom is 0.410 e. The molecule has 1 atom stereocenters. The quantitative estimate of drug-likeness (QED) is 0.552. The SMILES string of the molecule is [C-]#[N+]N1CCN(C(=O)C2CC=C(c3ccc(OCC4CCN(C(=O)OC(C)(C)C)CC4)cn3)CC2)CC1. The fourth-order valence-electron chi connectivity index (χ4n) is 5.04. The van der Waals surface area contributed by atoms with E-state index in [9.17, 15) is 9.59 Å². The third kappa shape index (κ3) is 7.37. The smallest absolute Gasteiger partial charge is 0.410 e. The number of pyridine rings is 1. The summed E-state index contributed by atoms with van der Waals surface area (Å²) >= 11 is 0. The lowest BCUT2D eigenvalue weighted by Crippen LogP contribution is -2.48. The van der Waals surface area contributed by atoms with E-state index in [0.29, 0.717) is 51.8 Å². The van der Waals surface area contributed by atoms with Crippen LogP contribution in [0.1, 0.15) is 58.6 Å². The van der Waals surface area contributed by atoms with Gasteiger partial charge in [-0.25, -0.2) is 4.79 Å². The molecular formula is C28H39N5O4. The summed E-state index contributed by atoms with van der Waals surface area (Å²) in [7, 11) is 0. The molecule has 1 aromatic heterocycles. The molecule has 2 fully saturated rings. The molecular weight excluding hydrogens is 470 g/mol. The van der Waals surface area contributed by atoms with Crippen LogP contribution in [0.25, 0.3) is 10.5 Å². The highest BCUT2D eigenvalue weighted by Crippen LogP contribution is 2.31. The Balaban J connectivity index is 1.20. The molecule has 37 heavy (non-hydrogen) atoms. The molecule has 1 aromatic rings. The molecule has 0 aromatic carbocycles. The predicted molar refractivity (Wildman–Crippen MR) is 140 cm³/mol. The molecule has 2 saturated heterocycles. The molecule has 3 heterocycles. The van der Waals surface area contributed by atoms with E-state index in [-0.39, 0.29) is 17.9 Å². The summed E-state index contributed by atoms with van der Waals surface area (Å²) in [5.74, 6) is 1.39. The minimum atomic E-state index is -0.473. The molecule has 1 unspecified atom stereocenters. The van der Waals surface area contributed by atoms with Gasteiger partial charge < -0.3 is 19.3 Å². The molecule has 0 bridgehead atoms. The maximum absolute atomic E-state index is 12.9. The molecule has 4 rings (SSSR count). The first-order valence-corrected chi connectivity index (χ1v) is 13.4. The van der Waals surface area contributed by atoms with Gasteiger partial charge in [-0.3, -0.25) is 9.78 Å². The summed E-state index contributed by atoms with van der Waals surface area (Å²) in [4.78, 5) is 36.9. The molecule has 0 N–H and O–H groups in total. The van der Waals surface area contributed by atoms with Crippen molar-refractivity contribution in [1.82, 2.24) is 19.8 Å². The summed E-state index contributed by atoms with van der Waals surface area (Å²) in [6, 6.07) is 3.96. The number of piperidine rings is 1. The summed E-state index contributed by atoms with van der Waals surface area (Å²) in [5, 5.41) is 1.69. The van der Waals surface area contributed by atoms with Crippen LogP contribution in [-0.4, -0.2) is 83.3 Å². The Labute approximate surface area is 220 Å². The number of aromatic nitrogens is 1. The number of amides is 2. The van der Waals surface area contributed by atoms with E-state index in [1.165, 1.54) is 5.57 Å². The van der Waals surface area contributed by atoms with Gasteiger partial charge in [-0.2, -0.15) is 11.5 Å². The van der Waals surface area contributed by atoms with Crippen molar-refractivity contribution in [2.45, 2.75) is 58.5 Å². The Morgan fingerprint density at radius 1 is 1.05 bits per heavy atom. The second kappa shape index (κ2) is 11.8. The highest BCUT2D eigenvalue weighted by Gasteiger charge is 2.30. The molecule has 0 saturated carbocycles. The van der Waals surface area contributed by atoms with Gasteiger partial charge in [0, 0.05) is 32.1 Å². The summed E-state index contributed by atoms with van der Waals surface area (Å²) in [6.07, 6.45) is 7.89. The van der Waals surface area contributed by atoms with E-state index in [4.69, 9.17) is 16.0 Å². The first kappa shape index (κ1) is 26.8. The van der Waals surface area contributed by atoms with Crippen LogP contribution in [0.15, 0.2) is 24.4 Å². The Bertz CT molecular complexity index is 1010. The highest BCUT2D eigenvalue weighted by molar-refractivity contribution is 5.80. The minimum Gasteiger partial charge on any atom is -0.492 e. The predicted octanol–water partition coefficient (Wildman–Crippen LogP) is 4.27. The van der Waals surface area contributed by atoms with Crippen molar-refractivity contribution >= 4 is 17.6 Å². The highest BCUT2D eigenvalue weighted by atomic mass is 16.6. The lowest BCUT2D eigenvalue weighted by atomic mass is 9.87. The van der Waals surface area contributed by atoms with E-state index in [1.807, 2.05) is 37.8 Å². The van der Waals surface area contributed by atoms with Gasteiger partial charge in [-0.15, -0.1) is 5.01 Å². The molecule has 0 radical (unpaired) electrons. The molecule has 2 amide bonds. The second-order valence-electron chi connectivity index (χ2n) is 11.2. The molecule has 0 spiro atoms. The molecule has 2 aliphatic heterocycles. The van der Waals surface area contributed by atoms with Crippen LogP contribution in [0.4, 0.5) is 4.79 Å². The fourth-order valence-corrected chi connectivity index (χ4v) is 5.04. The maximum atomic E-state index is 12.9. The van der Waals surface area contributed by atoms with Gasteiger partial charge in [0.2, 0.25) is 5.91 Å². The van der Waals surface area contributed by atoms with Gasteiger partial charge in [0.05, 0.1) is 18.5 Å². The normalized spacial score (nSPS) is 21.2. The van der Waals surface area contributed by atoms with Crippen LogP contribution in [0, 0.1) is 18.4 Å². The van der Waals surface area contributed by atoms with Crippen molar-refractivity contribution in [3.05, 3.63) is 41.6 Å². The van der Waals surface area contributed by atoms with E-state index >= 15 is 0 Å². The number of piperazine rings is 1. The van der Waals surface area contributed by atoms with Crippen LogP contribution >= 0.6 is 0 Å². The molecule has 9 nitrogen and oxygen atoms in total. The van der Waals surface area contributed by atoms with E-state index in [0.717, 1.165) is 43.5 Å². The van der Waals surface area contributed by atoms with Crippen molar-refractivity contribution in [2.24, 2.45) is 11.8 Å². The second-order valence-corrected chi connectivity index (χ2v) is 11.2. The Morgan fingerprint density at radius 2 is 1.78 bits per heavy atom. The summed E-state index contributed by atoms with van der Waals surface area (Å²) in [6.45, 7) is 17.3. The van der Waals surface area contributed by atoms with Crippen molar-refractivity contribution in [3.63, 3.8) is 0 Å². The van der Waals surface area contributed by atoms with Gasteiger partial charge in [0.1, 0.15) is 24.4 Å². The van der Waals surface area contributed by atoms with Crippen LogP contribution < -0.4 is 4.74 Å². The standard InChI is InChI=1S/C28H39N5O4/c1-28(2,3)37-27(35)32-13-11-21(12-14-32)20-36-24-9-10-25(30-19-24)22-5-7-23(8-6-22)26(34)31-15-17-33(29-4)18-16-31/h5,9-10,19,21,23H,6-8,11-18,20H2,1-3H3. The monoisotopic (exact) mass is 509 g/mol. The fraction of sp³-hybridized carbons (Fsp3) is 0.643. The van der Waals surface area contributed by atoms with E-state index in [2.05, 4.69) is 16.0 Å².